The van der Waals surface area contributed by atoms with Crippen molar-refractivity contribution in [1.29, 1.82) is 5.26 Å². The maximum absolute atomic E-state index is 10.7. The minimum Gasteiger partial charge on any atom is -0.344 e. The van der Waals surface area contributed by atoms with E-state index in [2.05, 4.69) is 22.0 Å². The van der Waals surface area contributed by atoms with Crippen molar-refractivity contribution in [3.63, 3.8) is 0 Å². The number of benzene rings is 2. The number of carbonyl (C=O) groups is 1. The van der Waals surface area contributed by atoms with Crippen molar-refractivity contribution >= 4 is 33.6 Å². The van der Waals surface area contributed by atoms with E-state index in [1.165, 1.54) is 0 Å². The first-order chi connectivity index (χ1) is 9.15. The van der Waals surface area contributed by atoms with Gasteiger partial charge in [0, 0.05) is 22.8 Å². The van der Waals surface area contributed by atoms with Crippen LogP contribution in [0, 0.1) is 11.3 Å². The fourth-order valence-corrected chi connectivity index (χ4v) is 2.45. The van der Waals surface area contributed by atoms with E-state index in [1.807, 2.05) is 36.2 Å². The molecule has 0 aromatic heterocycles. The molecular weight excluding hydrogens is 304 g/mol. The second kappa shape index (κ2) is 5.68. The summed E-state index contributed by atoms with van der Waals surface area (Å²) >= 11 is 3.46. The molecule has 0 atom stereocenters. The van der Waals surface area contributed by atoms with Gasteiger partial charge in [0.15, 0.2) is 0 Å². The molecule has 3 nitrogen and oxygen atoms in total. The van der Waals surface area contributed by atoms with Gasteiger partial charge in [0.2, 0.25) is 0 Å². The molecule has 0 spiro atoms. The quantitative estimate of drug-likeness (QED) is 0.807. The number of aldehydes is 1. The molecule has 0 saturated heterocycles. The van der Waals surface area contributed by atoms with Crippen molar-refractivity contribution in [3.05, 3.63) is 58.1 Å². The SMILES string of the molecule is CN(c1cccc(C#N)c1)c1ccc(C=O)cc1Br. The minimum atomic E-state index is 0.616. The Labute approximate surface area is 120 Å². The van der Waals surface area contributed by atoms with E-state index in [-0.39, 0.29) is 0 Å². The molecule has 0 aliphatic carbocycles. The van der Waals surface area contributed by atoms with Crippen molar-refractivity contribution in [1.82, 2.24) is 0 Å². The second-order valence-electron chi connectivity index (χ2n) is 4.05. The number of nitrogens with zero attached hydrogens (tertiary/aromatic N) is 2. The van der Waals surface area contributed by atoms with Crippen LogP contribution in [0.1, 0.15) is 15.9 Å². The number of hydrogen-bond donors (Lipinski definition) is 0. The van der Waals surface area contributed by atoms with E-state index in [0.29, 0.717) is 11.1 Å². The highest BCUT2D eigenvalue weighted by molar-refractivity contribution is 9.10. The summed E-state index contributed by atoms with van der Waals surface area (Å²) in [4.78, 5) is 12.7. The number of nitriles is 1. The molecule has 0 amide bonds. The minimum absolute atomic E-state index is 0.616. The maximum atomic E-state index is 10.7. The van der Waals surface area contributed by atoms with Gasteiger partial charge in [-0.15, -0.1) is 0 Å². The zero-order valence-electron chi connectivity index (χ0n) is 10.3. The Morgan fingerprint density at radius 3 is 2.68 bits per heavy atom. The first-order valence-electron chi connectivity index (χ1n) is 5.64. The Hall–Kier alpha value is -2.12. The Kier molecular flexibility index (Phi) is 3.98. The molecule has 0 fully saturated rings. The number of halogens is 1. The van der Waals surface area contributed by atoms with Gasteiger partial charge in [0.1, 0.15) is 6.29 Å². The summed E-state index contributed by atoms with van der Waals surface area (Å²) in [6.45, 7) is 0. The summed E-state index contributed by atoms with van der Waals surface area (Å²) in [6.07, 6.45) is 0.810. The van der Waals surface area contributed by atoms with Crippen molar-refractivity contribution in [3.8, 4) is 6.07 Å². The fourth-order valence-electron chi connectivity index (χ4n) is 1.79. The lowest BCUT2D eigenvalue weighted by Gasteiger charge is -2.21. The molecule has 0 bridgehead atoms. The first kappa shape index (κ1) is 13.3. The number of anilines is 2. The van der Waals surface area contributed by atoms with Crippen LogP contribution in [0.15, 0.2) is 46.9 Å². The highest BCUT2D eigenvalue weighted by atomic mass is 79.9. The number of carbonyl (C=O) groups excluding carboxylic acids is 1. The summed E-state index contributed by atoms with van der Waals surface area (Å²) in [6, 6.07) is 14.9. The Morgan fingerprint density at radius 2 is 2.05 bits per heavy atom. The lowest BCUT2D eigenvalue weighted by atomic mass is 10.1. The molecule has 2 aromatic rings. The zero-order valence-corrected chi connectivity index (χ0v) is 11.9. The summed E-state index contributed by atoms with van der Waals surface area (Å²) < 4.78 is 0.835. The van der Waals surface area contributed by atoms with Crippen LogP contribution >= 0.6 is 15.9 Å². The normalized spacial score (nSPS) is 9.74. The molecule has 0 N–H and O–H groups in total. The second-order valence-corrected chi connectivity index (χ2v) is 4.90. The third kappa shape index (κ3) is 2.83. The Morgan fingerprint density at radius 1 is 1.26 bits per heavy atom. The fraction of sp³-hybridized carbons (Fsp3) is 0.0667. The summed E-state index contributed by atoms with van der Waals surface area (Å²) in [7, 11) is 1.91. The Bertz CT molecular complexity index is 661. The molecule has 2 rings (SSSR count). The molecule has 4 heteroatoms. The number of rotatable bonds is 3. The first-order valence-corrected chi connectivity index (χ1v) is 6.43. The van der Waals surface area contributed by atoms with E-state index in [4.69, 9.17) is 5.26 Å². The lowest BCUT2D eigenvalue weighted by Crippen LogP contribution is -2.10. The molecule has 2 aromatic carbocycles. The third-order valence-corrected chi connectivity index (χ3v) is 3.47. The van der Waals surface area contributed by atoms with Crippen molar-refractivity contribution in [2.45, 2.75) is 0 Å². The van der Waals surface area contributed by atoms with Crippen LogP contribution in [0.25, 0.3) is 0 Å². The van der Waals surface area contributed by atoms with Crippen LogP contribution in [-0.4, -0.2) is 13.3 Å². The van der Waals surface area contributed by atoms with Gasteiger partial charge in [0.25, 0.3) is 0 Å². The van der Waals surface area contributed by atoms with E-state index < -0.39 is 0 Å². The average Bonchev–Trinajstić information content (AvgIpc) is 2.46. The largest absolute Gasteiger partial charge is 0.344 e. The van der Waals surface area contributed by atoms with Gasteiger partial charge >= 0.3 is 0 Å². The molecule has 0 saturated carbocycles. The topological polar surface area (TPSA) is 44.1 Å². The van der Waals surface area contributed by atoms with E-state index >= 15 is 0 Å². The summed E-state index contributed by atoms with van der Waals surface area (Å²) in [5.41, 5.74) is 3.08. The van der Waals surface area contributed by atoms with Gasteiger partial charge in [-0.3, -0.25) is 4.79 Å². The van der Waals surface area contributed by atoms with Gasteiger partial charge in [-0.05, 0) is 52.3 Å². The molecule has 0 radical (unpaired) electrons. The smallest absolute Gasteiger partial charge is 0.150 e. The van der Waals surface area contributed by atoms with Crippen LogP contribution in [0.3, 0.4) is 0 Å². The Balaban J connectivity index is 2.41. The number of hydrogen-bond acceptors (Lipinski definition) is 3. The van der Waals surface area contributed by atoms with Crippen LogP contribution < -0.4 is 4.90 Å². The molecule has 0 aliphatic heterocycles. The predicted molar refractivity (Wildman–Crippen MR) is 78.7 cm³/mol. The maximum Gasteiger partial charge on any atom is 0.150 e. The third-order valence-electron chi connectivity index (χ3n) is 2.83. The van der Waals surface area contributed by atoms with Crippen LogP contribution in [0.2, 0.25) is 0 Å². The zero-order chi connectivity index (χ0) is 13.8. The van der Waals surface area contributed by atoms with Gasteiger partial charge in [-0.25, -0.2) is 0 Å². The molecule has 0 aliphatic rings. The van der Waals surface area contributed by atoms with Crippen molar-refractivity contribution in [2.75, 3.05) is 11.9 Å². The monoisotopic (exact) mass is 314 g/mol. The predicted octanol–water partition coefficient (Wildman–Crippen LogP) is 3.90. The molecule has 0 unspecified atom stereocenters. The van der Waals surface area contributed by atoms with Crippen molar-refractivity contribution < 1.29 is 4.79 Å². The van der Waals surface area contributed by atoms with Gasteiger partial charge in [-0.1, -0.05) is 6.07 Å². The van der Waals surface area contributed by atoms with Gasteiger partial charge in [-0.2, -0.15) is 5.26 Å². The highest BCUT2D eigenvalue weighted by Crippen LogP contribution is 2.31. The molecular formula is C15H11BrN2O. The van der Waals surface area contributed by atoms with E-state index in [1.54, 1.807) is 18.2 Å². The summed E-state index contributed by atoms with van der Waals surface area (Å²) in [5.74, 6) is 0. The van der Waals surface area contributed by atoms with Crippen LogP contribution in [-0.2, 0) is 0 Å². The molecule has 19 heavy (non-hydrogen) atoms. The standard InChI is InChI=1S/C15H11BrN2O/c1-18(13-4-2-3-11(7-13)9-17)15-6-5-12(10-19)8-14(15)16/h2-8,10H,1H3. The molecule has 94 valence electrons. The van der Waals surface area contributed by atoms with Gasteiger partial charge in [0.05, 0.1) is 17.3 Å². The highest BCUT2D eigenvalue weighted by Gasteiger charge is 2.09. The van der Waals surface area contributed by atoms with E-state index in [9.17, 15) is 4.79 Å². The summed E-state index contributed by atoms with van der Waals surface area (Å²) in [5, 5.41) is 8.92. The van der Waals surface area contributed by atoms with Crippen LogP contribution in [0.4, 0.5) is 11.4 Å². The van der Waals surface area contributed by atoms with Crippen molar-refractivity contribution in [2.24, 2.45) is 0 Å². The van der Waals surface area contributed by atoms with E-state index in [0.717, 1.165) is 22.1 Å². The average molecular weight is 315 g/mol. The van der Waals surface area contributed by atoms with Crippen LogP contribution in [0.5, 0.6) is 0 Å². The van der Waals surface area contributed by atoms with Gasteiger partial charge < -0.3 is 4.90 Å². The molecule has 0 heterocycles. The lowest BCUT2D eigenvalue weighted by molar-refractivity contribution is 0.112.